The molecule has 3 aromatic carbocycles. The Morgan fingerprint density at radius 1 is 0.895 bits per heavy atom. The van der Waals surface area contributed by atoms with Crippen LogP contribution in [-0.2, 0) is 39.0 Å². The molecule has 8 heteroatoms. The first-order valence-electron chi connectivity index (χ1n) is 12.9. The van der Waals surface area contributed by atoms with Crippen molar-refractivity contribution in [3.63, 3.8) is 0 Å². The van der Waals surface area contributed by atoms with Gasteiger partial charge in [0.2, 0.25) is 21.8 Å². The number of benzene rings is 3. The maximum atomic E-state index is 14.0. The van der Waals surface area contributed by atoms with Gasteiger partial charge in [-0.3, -0.25) is 13.9 Å². The fraction of sp³-hybridized carbons (Fsp3) is 0.333. The Hall–Kier alpha value is -3.65. The van der Waals surface area contributed by atoms with Gasteiger partial charge in [-0.05, 0) is 43.0 Å². The third kappa shape index (κ3) is 7.68. The number of aryl methyl sites for hydroxylation is 2. The first-order valence-corrected chi connectivity index (χ1v) is 14.7. The molecule has 3 aromatic rings. The van der Waals surface area contributed by atoms with Gasteiger partial charge in [-0.15, -0.1) is 0 Å². The molecule has 1 atom stereocenters. The molecule has 0 fully saturated rings. The van der Waals surface area contributed by atoms with E-state index in [0.717, 1.165) is 32.8 Å². The van der Waals surface area contributed by atoms with E-state index in [1.807, 2.05) is 87.5 Å². The maximum Gasteiger partial charge on any atom is 0.244 e. The van der Waals surface area contributed by atoms with E-state index in [1.165, 1.54) is 4.90 Å². The summed E-state index contributed by atoms with van der Waals surface area (Å²) in [7, 11) is -3.79. The summed E-state index contributed by atoms with van der Waals surface area (Å²) in [5.41, 5.74) is 4.09. The normalized spacial score (nSPS) is 12.0. The standard InChI is InChI=1S/C30H37N3O4S/c1-5-26-17-10-11-18-27(26)33(38(4,36)37)22-29(34)32(21-25-16-12-13-23(3)19-25)28(30(35)31-6-2)20-24-14-8-7-9-15-24/h7-19,28H,5-6,20-22H2,1-4H3,(H,31,35). The molecule has 0 bridgehead atoms. The van der Waals surface area contributed by atoms with Crippen molar-refractivity contribution in [3.8, 4) is 0 Å². The Morgan fingerprint density at radius 2 is 1.55 bits per heavy atom. The van der Waals surface area contributed by atoms with Gasteiger partial charge in [-0.1, -0.05) is 85.3 Å². The van der Waals surface area contributed by atoms with E-state index < -0.39 is 28.5 Å². The monoisotopic (exact) mass is 535 g/mol. The molecule has 1 unspecified atom stereocenters. The highest BCUT2D eigenvalue weighted by Crippen LogP contribution is 2.24. The minimum atomic E-state index is -3.79. The van der Waals surface area contributed by atoms with Gasteiger partial charge in [-0.2, -0.15) is 0 Å². The highest BCUT2D eigenvalue weighted by atomic mass is 32.2. The predicted molar refractivity (Wildman–Crippen MR) is 152 cm³/mol. The number of hydrogen-bond acceptors (Lipinski definition) is 4. The van der Waals surface area contributed by atoms with Gasteiger partial charge in [0.1, 0.15) is 12.6 Å². The van der Waals surface area contributed by atoms with Crippen LogP contribution >= 0.6 is 0 Å². The summed E-state index contributed by atoms with van der Waals surface area (Å²) < 4.78 is 27.0. The lowest BCUT2D eigenvalue weighted by atomic mass is 10.0. The molecule has 0 aliphatic heterocycles. The molecule has 2 amide bonds. The number of hydrogen-bond donors (Lipinski definition) is 1. The number of likely N-dealkylation sites (N-methyl/N-ethyl adjacent to an activating group) is 1. The van der Waals surface area contributed by atoms with Crippen molar-refractivity contribution < 1.29 is 18.0 Å². The molecule has 0 aliphatic rings. The zero-order valence-corrected chi connectivity index (χ0v) is 23.4. The smallest absolute Gasteiger partial charge is 0.244 e. The third-order valence-electron chi connectivity index (χ3n) is 6.38. The van der Waals surface area contributed by atoms with Crippen LogP contribution in [0.2, 0.25) is 0 Å². The van der Waals surface area contributed by atoms with Gasteiger partial charge in [0, 0.05) is 19.5 Å². The second kappa shape index (κ2) is 13.2. The van der Waals surface area contributed by atoms with Gasteiger partial charge < -0.3 is 10.2 Å². The second-order valence-electron chi connectivity index (χ2n) is 9.36. The van der Waals surface area contributed by atoms with Crippen LogP contribution in [0, 0.1) is 6.92 Å². The summed E-state index contributed by atoms with van der Waals surface area (Å²) in [6, 6.07) is 23.6. The van der Waals surface area contributed by atoms with Crippen LogP contribution in [0.15, 0.2) is 78.9 Å². The van der Waals surface area contributed by atoms with Crippen LogP contribution in [0.5, 0.6) is 0 Å². The van der Waals surface area contributed by atoms with Crippen LogP contribution in [-0.4, -0.2) is 50.5 Å². The molecule has 202 valence electrons. The van der Waals surface area contributed by atoms with Crippen molar-refractivity contribution in [1.29, 1.82) is 0 Å². The van der Waals surface area contributed by atoms with Crippen LogP contribution < -0.4 is 9.62 Å². The number of carbonyl (C=O) groups is 2. The Morgan fingerprint density at radius 3 is 2.18 bits per heavy atom. The molecule has 0 heterocycles. The molecule has 0 aliphatic carbocycles. The van der Waals surface area contributed by atoms with Crippen LogP contribution in [0.4, 0.5) is 5.69 Å². The second-order valence-corrected chi connectivity index (χ2v) is 11.3. The van der Waals surface area contributed by atoms with E-state index in [2.05, 4.69) is 5.32 Å². The first-order chi connectivity index (χ1) is 18.1. The lowest BCUT2D eigenvalue weighted by Crippen LogP contribution is -2.53. The van der Waals surface area contributed by atoms with E-state index >= 15 is 0 Å². The van der Waals surface area contributed by atoms with Gasteiger partial charge in [0.05, 0.1) is 11.9 Å². The lowest BCUT2D eigenvalue weighted by Gasteiger charge is -2.34. The van der Waals surface area contributed by atoms with E-state index in [4.69, 9.17) is 0 Å². The van der Waals surface area contributed by atoms with E-state index in [1.54, 1.807) is 12.1 Å². The maximum absolute atomic E-state index is 14.0. The lowest BCUT2D eigenvalue weighted by molar-refractivity contribution is -0.140. The van der Waals surface area contributed by atoms with Gasteiger partial charge >= 0.3 is 0 Å². The van der Waals surface area contributed by atoms with Gasteiger partial charge in [0.15, 0.2) is 0 Å². The predicted octanol–water partition coefficient (Wildman–Crippen LogP) is 4.10. The van der Waals surface area contributed by atoms with Gasteiger partial charge in [0.25, 0.3) is 0 Å². The fourth-order valence-electron chi connectivity index (χ4n) is 4.50. The highest BCUT2D eigenvalue weighted by Gasteiger charge is 2.33. The number of nitrogens with zero attached hydrogens (tertiary/aromatic N) is 2. The Labute approximate surface area is 226 Å². The summed E-state index contributed by atoms with van der Waals surface area (Å²) in [6.07, 6.45) is 2.01. The Kier molecular flexibility index (Phi) is 10.1. The molecular formula is C30H37N3O4S. The minimum Gasteiger partial charge on any atom is -0.355 e. The molecule has 0 aromatic heterocycles. The third-order valence-corrected chi connectivity index (χ3v) is 7.50. The van der Waals surface area contributed by atoms with Crippen molar-refractivity contribution in [3.05, 3.63) is 101 Å². The molecule has 3 rings (SSSR count). The molecule has 0 spiro atoms. The molecule has 0 saturated carbocycles. The van der Waals surface area contributed by atoms with Crippen molar-refractivity contribution in [1.82, 2.24) is 10.2 Å². The SMILES string of the molecule is CCNC(=O)C(Cc1ccccc1)N(Cc1cccc(C)c1)C(=O)CN(c1ccccc1CC)S(C)(=O)=O. The summed E-state index contributed by atoms with van der Waals surface area (Å²) >= 11 is 0. The summed E-state index contributed by atoms with van der Waals surface area (Å²) in [6.45, 7) is 5.91. The summed E-state index contributed by atoms with van der Waals surface area (Å²) in [4.78, 5) is 28.9. The molecule has 0 radical (unpaired) electrons. The minimum absolute atomic E-state index is 0.169. The zero-order valence-electron chi connectivity index (χ0n) is 22.6. The first kappa shape index (κ1) is 28.9. The van der Waals surface area contributed by atoms with Crippen molar-refractivity contribution in [2.75, 3.05) is 23.7 Å². The highest BCUT2D eigenvalue weighted by molar-refractivity contribution is 7.92. The number of nitrogens with one attached hydrogen (secondary N) is 1. The molecule has 38 heavy (non-hydrogen) atoms. The average Bonchev–Trinajstić information content (AvgIpc) is 2.89. The van der Waals surface area contributed by atoms with Crippen molar-refractivity contribution in [2.45, 2.75) is 46.2 Å². The Bertz CT molecular complexity index is 1340. The largest absolute Gasteiger partial charge is 0.355 e. The van der Waals surface area contributed by atoms with Crippen LogP contribution in [0.1, 0.15) is 36.1 Å². The number of anilines is 1. The number of carbonyl (C=O) groups excluding carboxylic acids is 2. The number of sulfonamides is 1. The van der Waals surface area contributed by atoms with Crippen LogP contribution in [0.25, 0.3) is 0 Å². The van der Waals surface area contributed by atoms with Crippen molar-refractivity contribution in [2.24, 2.45) is 0 Å². The summed E-state index contributed by atoms with van der Waals surface area (Å²) in [5.74, 6) is -0.729. The number of para-hydroxylation sites is 1. The molecule has 1 N–H and O–H groups in total. The van der Waals surface area contributed by atoms with Crippen LogP contribution in [0.3, 0.4) is 0 Å². The molecule has 7 nitrogen and oxygen atoms in total. The Balaban J connectivity index is 2.06. The van der Waals surface area contributed by atoms with E-state index in [0.29, 0.717) is 25.1 Å². The van der Waals surface area contributed by atoms with Crippen molar-refractivity contribution >= 4 is 27.5 Å². The molecule has 0 saturated heterocycles. The summed E-state index contributed by atoms with van der Waals surface area (Å²) in [5, 5.41) is 2.87. The topological polar surface area (TPSA) is 86.8 Å². The average molecular weight is 536 g/mol. The fourth-order valence-corrected chi connectivity index (χ4v) is 5.38. The zero-order chi connectivity index (χ0) is 27.7. The van der Waals surface area contributed by atoms with E-state index in [9.17, 15) is 18.0 Å². The number of rotatable bonds is 12. The van der Waals surface area contributed by atoms with E-state index in [-0.39, 0.29) is 12.5 Å². The molecular weight excluding hydrogens is 498 g/mol. The number of amides is 2. The quantitative estimate of drug-likeness (QED) is 0.378. The van der Waals surface area contributed by atoms with Gasteiger partial charge in [-0.25, -0.2) is 8.42 Å².